The van der Waals surface area contributed by atoms with E-state index in [0.717, 1.165) is 18.0 Å². The zero-order valence-corrected chi connectivity index (χ0v) is 8.14. The summed E-state index contributed by atoms with van der Waals surface area (Å²) in [5.74, 6) is 0.895. The van der Waals surface area contributed by atoms with Crippen LogP contribution in [0.4, 0.5) is 0 Å². The Labute approximate surface area is 73.2 Å². The predicted molar refractivity (Wildman–Crippen MR) is 47.8 cm³/mol. The topological polar surface area (TPSA) is 38.1 Å². The summed E-state index contributed by atoms with van der Waals surface area (Å²) in [6.07, 6.45) is 1.48. The maximum Gasteiger partial charge on any atom is 0.181 e. The fourth-order valence-corrected chi connectivity index (χ4v) is 0.847. The van der Waals surface area contributed by atoms with Crippen LogP contribution in [0.5, 0.6) is 0 Å². The normalized spacial score (nSPS) is 12.0. The third kappa shape index (κ3) is 2.66. The van der Waals surface area contributed by atoms with Crippen molar-refractivity contribution >= 4 is 0 Å². The molecule has 1 N–H and O–H groups in total. The largest absolute Gasteiger partial charge is 0.448 e. The summed E-state index contributed by atoms with van der Waals surface area (Å²) in [6.45, 7) is 9.08. The van der Waals surface area contributed by atoms with E-state index in [9.17, 15) is 0 Å². The van der Waals surface area contributed by atoms with Gasteiger partial charge in [-0.1, -0.05) is 0 Å². The van der Waals surface area contributed by atoms with E-state index < -0.39 is 0 Å². The second-order valence-corrected chi connectivity index (χ2v) is 3.96. The number of aromatic nitrogens is 1. The maximum absolute atomic E-state index is 5.08. The minimum absolute atomic E-state index is 0.130. The molecule has 0 saturated carbocycles. The molecule has 0 amide bonds. The van der Waals surface area contributed by atoms with Crippen LogP contribution < -0.4 is 5.32 Å². The van der Waals surface area contributed by atoms with Gasteiger partial charge in [-0.25, -0.2) is 4.98 Å². The van der Waals surface area contributed by atoms with E-state index in [2.05, 4.69) is 31.1 Å². The van der Waals surface area contributed by atoms with Crippen molar-refractivity contribution in [3.05, 3.63) is 17.8 Å². The quantitative estimate of drug-likeness (QED) is 0.732. The maximum atomic E-state index is 5.08. The number of aryl methyl sites for hydroxylation is 1. The first-order chi connectivity index (χ1) is 5.49. The van der Waals surface area contributed by atoms with E-state index in [-0.39, 0.29) is 5.54 Å². The van der Waals surface area contributed by atoms with Crippen LogP contribution in [-0.4, -0.2) is 10.5 Å². The Kier molecular flexibility index (Phi) is 2.52. The van der Waals surface area contributed by atoms with Crippen LogP contribution in [0.25, 0.3) is 0 Å². The van der Waals surface area contributed by atoms with Crippen LogP contribution in [0.3, 0.4) is 0 Å². The third-order valence-electron chi connectivity index (χ3n) is 1.63. The van der Waals surface area contributed by atoms with Gasteiger partial charge in [0, 0.05) is 12.1 Å². The number of oxazole rings is 1. The minimum atomic E-state index is 0.130. The summed E-state index contributed by atoms with van der Waals surface area (Å²) in [7, 11) is 0. The highest BCUT2D eigenvalue weighted by atomic mass is 16.3. The lowest BCUT2D eigenvalue weighted by atomic mass is 10.1. The average Bonchev–Trinajstić information content (AvgIpc) is 2.29. The Morgan fingerprint density at radius 1 is 1.50 bits per heavy atom. The fourth-order valence-electron chi connectivity index (χ4n) is 0.847. The van der Waals surface area contributed by atoms with Crippen LogP contribution >= 0.6 is 0 Å². The molecular weight excluding hydrogens is 152 g/mol. The van der Waals surface area contributed by atoms with Gasteiger partial charge in [-0.05, 0) is 27.7 Å². The van der Waals surface area contributed by atoms with Gasteiger partial charge in [-0.2, -0.15) is 0 Å². The Balaban J connectivity index is 2.49. The number of hydrogen-bond acceptors (Lipinski definition) is 3. The van der Waals surface area contributed by atoms with Crippen molar-refractivity contribution in [3.8, 4) is 0 Å². The van der Waals surface area contributed by atoms with E-state index in [0.29, 0.717) is 0 Å². The zero-order valence-electron chi connectivity index (χ0n) is 8.14. The van der Waals surface area contributed by atoms with Gasteiger partial charge in [0.2, 0.25) is 0 Å². The lowest BCUT2D eigenvalue weighted by Gasteiger charge is -2.19. The molecule has 0 radical (unpaired) electrons. The third-order valence-corrected chi connectivity index (χ3v) is 1.63. The second-order valence-electron chi connectivity index (χ2n) is 3.96. The zero-order chi connectivity index (χ0) is 9.19. The first kappa shape index (κ1) is 9.26. The summed E-state index contributed by atoms with van der Waals surface area (Å²) in [5.41, 5.74) is 1.12. The Hall–Kier alpha value is -0.830. The van der Waals surface area contributed by atoms with Crippen LogP contribution in [0.1, 0.15) is 32.2 Å². The number of nitrogens with zero attached hydrogens (tertiary/aromatic N) is 1. The number of nitrogens with one attached hydrogen (secondary N) is 1. The molecule has 0 bridgehead atoms. The fraction of sp³-hybridized carbons (Fsp3) is 0.667. The SMILES string of the molecule is Cc1ocnc1CNC(C)(C)C. The number of rotatable bonds is 2. The van der Waals surface area contributed by atoms with E-state index in [4.69, 9.17) is 4.42 Å². The smallest absolute Gasteiger partial charge is 0.181 e. The van der Waals surface area contributed by atoms with Gasteiger partial charge in [-0.15, -0.1) is 0 Å². The molecule has 0 unspecified atom stereocenters. The van der Waals surface area contributed by atoms with Crippen molar-refractivity contribution in [2.75, 3.05) is 0 Å². The highest BCUT2D eigenvalue weighted by molar-refractivity contribution is 5.04. The van der Waals surface area contributed by atoms with Gasteiger partial charge in [0.15, 0.2) is 6.39 Å². The van der Waals surface area contributed by atoms with Crippen LogP contribution in [-0.2, 0) is 6.54 Å². The van der Waals surface area contributed by atoms with Gasteiger partial charge < -0.3 is 9.73 Å². The standard InChI is InChI=1S/C9H16N2O/c1-7-8(10-6-12-7)5-11-9(2,3)4/h6,11H,5H2,1-4H3. The van der Waals surface area contributed by atoms with Crippen LogP contribution in [0.15, 0.2) is 10.8 Å². The summed E-state index contributed by atoms with van der Waals surface area (Å²) in [5, 5.41) is 3.34. The van der Waals surface area contributed by atoms with E-state index in [1.54, 1.807) is 0 Å². The van der Waals surface area contributed by atoms with Crippen LogP contribution in [0.2, 0.25) is 0 Å². The molecule has 68 valence electrons. The number of hydrogen-bond donors (Lipinski definition) is 1. The summed E-state index contributed by atoms with van der Waals surface area (Å²) in [4.78, 5) is 4.09. The first-order valence-electron chi connectivity index (χ1n) is 4.13. The Bertz CT molecular complexity index is 247. The summed E-state index contributed by atoms with van der Waals surface area (Å²) < 4.78 is 5.08. The monoisotopic (exact) mass is 168 g/mol. The predicted octanol–water partition coefficient (Wildman–Crippen LogP) is 1.87. The lowest BCUT2D eigenvalue weighted by molar-refractivity contribution is 0.419. The Morgan fingerprint density at radius 2 is 2.17 bits per heavy atom. The van der Waals surface area contributed by atoms with Gasteiger partial charge >= 0.3 is 0 Å². The molecule has 1 aromatic rings. The molecule has 0 aliphatic carbocycles. The van der Waals surface area contributed by atoms with Crippen molar-refractivity contribution in [2.24, 2.45) is 0 Å². The highest BCUT2D eigenvalue weighted by Gasteiger charge is 2.10. The van der Waals surface area contributed by atoms with Crippen molar-refractivity contribution in [1.82, 2.24) is 10.3 Å². The lowest BCUT2D eigenvalue weighted by Crippen LogP contribution is -2.35. The second kappa shape index (κ2) is 3.27. The van der Waals surface area contributed by atoms with Crippen molar-refractivity contribution in [1.29, 1.82) is 0 Å². The molecular formula is C9H16N2O. The van der Waals surface area contributed by atoms with E-state index in [1.807, 2.05) is 6.92 Å². The van der Waals surface area contributed by atoms with E-state index in [1.165, 1.54) is 6.39 Å². The molecule has 12 heavy (non-hydrogen) atoms. The van der Waals surface area contributed by atoms with Crippen molar-refractivity contribution < 1.29 is 4.42 Å². The molecule has 0 atom stereocenters. The van der Waals surface area contributed by atoms with E-state index >= 15 is 0 Å². The molecule has 0 aliphatic heterocycles. The van der Waals surface area contributed by atoms with Gasteiger partial charge in [0.1, 0.15) is 5.76 Å². The Morgan fingerprint density at radius 3 is 2.58 bits per heavy atom. The molecule has 3 heteroatoms. The molecule has 0 spiro atoms. The van der Waals surface area contributed by atoms with Crippen LogP contribution in [0, 0.1) is 6.92 Å². The molecule has 0 aliphatic rings. The van der Waals surface area contributed by atoms with Crippen molar-refractivity contribution in [3.63, 3.8) is 0 Å². The average molecular weight is 168 g/mol. The van der Waals surface area contributed by atoms with Gasteiger partial charge in [-0.3, -0.25) is 0 Å². The van der Waals surface area contributed by atoms with Gasteiger partial charge in [0.05, 0.1) is 5.69 Å². The molecule has 1 heterocycles. The summed E-state index contributed by atoms with van der Waals surface area (Å²) >= 11 is 0. The molecule has 0 fully saturated rings. The highest BCUT2D eigenvalue weighted by Crippen LogP contribution is 2.06. The molecule has 0 saturated heterocycles. The van der Waals surface area contributed by atoms with Gasteiger partial charge in [0.25, 0.3) is 0 Å². The molecule has 0 aromatic carbocycles. The summed E-state index contributed by atoms with van der Waals surface area (Å²) in [6, 6.07) is 0. The molecule has 3 nitrogen and oxygen atoms in total. The molecule has 1 aromatic heterocycles. The van der Waals surface area contributed by atoms with Crippen molar-refractivity contribution in [2.45, 2.75) is 39.8 Å². The minimum Gasteiger partial charge on any atom is -0.448 e. The molecule has 1 rings (SSSR count). The first-order valence-corrected chi connectivity index (χ1v) is 4.13.